The van der Waals surface area contributed by atoms with Crippen molar-refractivity contribution in [2.45, 2.75) is 6.92 Å². The minimum atomic E-state index is -0.734. The minimum Gasteiger partial charge on any atom is -0.423 e. The van der Waals surface area contributed by atoms with E-state index in [2.05, 4.69) is 0 Å². The van der Waals surface area contributed by atoms with Crippen molar-refractivity contribution < 1.29 is 13.9 Å². The van der Waals surface area contributed by atoms with E-state index < -0.39 is 11.6 Å². The lowest BCUT2D eigenvalue weighted by Crippen LogP contribution is -2.01. The van der Waals surface area contributed by atoms with Gasteiger partial charge in [-0.3, -0.25) is 4.79 Å². The lowest BCUT2D eigenvalue weighted by atomic mass is 10.1. The van der Waals surface area contributed by atoms with E-state index in [1.807, 2.05) is 0 Å². The molecular weight excluding hydrogens is 222 g/mol. The molecule has 0 saturated heterocycles. The molecular formula is C12H7NO4. The zero-order valence-electron chi connectivity index (χ0n) is 8.89. The molecule has 1 heterocycles. The topological polar surface area (TPSA) is 80.3 Å². The summed E-state index contributed by atoms with van der Waals surface area (Å²) < 4.78 is 9.85. The number of carbonyl (C=O) groups excluding carboxylic acids is 1. The number of hydrogen-bond donors (Lipinski definition) is 0. The highest BCUT2D eigenvalue weighted by atomic mass is 16.5. The maximum atomic E-state index is 11.4. The van der Waals surface area contributed by atoms with Crippen molar-refractivity contribution in [3.8, 4) is 23.1 Å². The van der Waals surface area contributed by atoms with E-state index in [1.54, 1.807) is 24.3 Å². The van der Waals surface area contributed by atoms with Gasteiger partial charge < -0.3 is 9.15 Å². The third-order valence-corrected chi connectivity index (χ3v) is 2.12. The van der Waals surface area contributed by atoms with E-state index in [0.29, 0.717) is 5.56 Å². The number of ether oxygens (including phenoxy) is 1. The Morgan fingerprint density at radius 1 is 1.41 bits per heavy atom. The van der Waals surface area contributed by atoms with Gasteiger partial charge in [-0.2, -0.15) is 5.26 Å². The first-order valence-corrected chi connectivity index (χ1v) is 4.78. The molecule has 0 aromatic carbocycles. The summed E-state index contributed by atoms with van der Waals surface area (Å²) in [4.78, 5) is 22.3. The molecule has 0 aromatic rings. The summed E-state index contributed by atoms with van der Waals surface area (Å²) in [5.74, 6) is -0.303. The van der Waals surface area contributed by atoms with Crippen LogP contribution in [0.5, 0.6) is 5.75 Å². The van der Waals surface area contributed by atoms with Crippen LogP contribution in [0.4, 0.5) is 0 Å². The van der Waals surface area contributed by atoms with Crippen LogP contribution in [-0.2, 0) is 4.79 Å². The van der Waals surface area contributed by atoms with Crippen molar-refractivity contribution in [2.24, 2.45) is 0 Å². The number of fused-ring (bicyclic) bond motifs is 1. The Bertz CT molecular complexity index is 651. The van der Waals surface area contributed by atoms with Crippen LogP contribution in [0.1, 0.15) is 12.5 Å². The molecule has 0 N–H and O–H groups in total. The average Bonchev–Trinajstić information content (AvgIpc) is 2.47. The molecule has 0 saturated carbocycles. The maximum absolute atomic E-state index is 11.4. The van der Waals surface area contributed by atoms with Gasteiger partial charge in [-0.15, -0.1) is 0 Å². The van der Waals surface area contributed by atoms with E-state index in [1.165, 1.54) is 13.0 Å². The average molecular weight is 229 g/mol. The largest absolute Gasteiger partial charge is 0.423 e. The summed E-state index contributed by atoms with van der Waals surface area (Å²) in [5, 5.41) is 8.84. The fourth-order valence-electron chi connectivity index (χ4n) is 1.48. The van der Waals surface area contributed by atoms with Crippen molar-refractivity contribution in [2.75, 3.05) is 0 Å². The molecule has 84 valence electrons. The number of esters is 1. The summed E-state index contributed by atoms with van der Waals surface area (Å²) in [6.45, 7) is 1.24. The highest BCUT2D eigenvalue weighted by Crippen LogP contribution is 2.32. The predicted molar refractivity (Wildman–Crippen MR) is 57.6 cm³/mol. The molecule has 0 bridgehead atoms. The highest BCUT2D eigenvalue weighted by molar-refractivity contribution is 5.76. The third-order valence-electron chi connectivity index (χ3n) is 2.12. The summed E-state index contributed by atoms with van der Waals surface area (Å²) in [7, 11) is 0. The Kier molecular flexibility index (Phi) is 2.63. The number of nitrogens with zero attached hydrogens (tertiary/aromatic N) is 1. The summed E-state index contributed by atoms with van der Waals surface area (Å²) in [6, 6.07) is 8.08. The second-order valence-electron chi connectivity index (χ2n) is 3.30. The molecule has 0 spiro atoms. The number of hydrogen-bond acceptors (Lipinski definition) is 5. The van der Waals surface area contributed by atoms with Gasteiger partial charge >= 0.3 is 11.6 Å². The summed E-state index contributed by atoms with van der Waals surface area (Å²) in [5.41, 5.74) is -0.495. The standard InChI is InChI=1S/C12H7NO4/c1-7(14)16-10-5-3-2-4-8-9(6-13)12(15)17-11(8)10/h2-5H,1H3. The van der Waals surface area contributed by atoms with Crippen LogP contribution < -0.4 is 10.4 Å². The Balaban J connectivity index is 2.73. The molecule has 17 heavy (non-hydrogen) atoms. The molecule has 0 atom stereocenters. The van der Waals surface area contributed by atoms with Crippen LogP contribution in [0.15, 0.2) is 33.5 Å². The monoisotopic (exact) mass is 229 g/mol. The zero-order chi connectivity index (χ0) is 12.4. The Morgan fingerprint density at radius 3 is 2.76 bits per heavy atom. The molecule has 0 unspecified atom stereocenters. The fraction of sp³-hybridized carbons (Fsp3) is 0.0833. The van der Waals surface area contributed by atoms with Crippen molar-refractivity contribution in [3.05, 3.63) is 40.2 Å². The molecule has 5 heteroatoms. The first kappa shape index (κ1) is 10.9. The van der Waals surface area contributed by atoms with Gasteiger partial charge in [-0.1, -0.05) is 12.1 Å². The second kappa shape index (κ2) is 4.10. The molecule has 1 aliphatic carbocycles. The van der Waals surface area contributed by atoms with Crippen LogP contribution in [-0.4, -0.2) is 5.97 Å². The Labute approximate surface area is 96.2 Å². The number of nitriles is 1. The number of carbonyl (C=O) groups is 1. The normalized spacial score (nSPS) is 9.88. The van der Waals surface area contributed by atoms with E-state index in [-0.39, 0.29) is 17.1 Å². The molecule has 1 aliphatic heterocycles. The van der Waals surface area contributed by atoms with Crippen LogP contribution >= 0.6 is 0 Å². The molecule has 0 radical (unpaired) electrons. The van der Waals surface area contributed by atoms with Gasteiger partial charge in [0.2, 0.25) is 0 Å². The number of furan rings is 1. The van der Waals surface area contributed by atoms with Crippen LogP contribution in [0, 0.1) is 11.3 Å². The van der Waals surface area contributed by atoms with E-state index >= 15 is 0 Å². The van der Waals surface area contributed by atoms with E-state index in [4.69, 9.17) is 14.4 Å². The van der Waals surface area contributed by atoms with Gasteiger partial charge in [0.05, 0.1) is 0 Å². The van der Waals surface area contributed by atoms with Crippen LogP contribution in [0.25, 0.3) is 11.3 Å². The summed E-state index contributed by atoms with van der Waals surface area (Å²) in [6.07, 6.45) is 0. The van der Waals surface area contributed by atoms with Crippen molar-refractivity contribution in [1.82, 2.24) is 0 Å². The van der Waals surface area contributed by atoms with Gasteiger partial charge in [0.15, 0.2) is 11.5 Å². The van der Waals surface area contributed by atoms with Crippen molar-refractivity contribution in [3.63, 3.8) is 0 Å². The quantitative estimate of drug-likeness (QED) is 0.693. The molecule has 0 fully saturated rings. The Morgan fingerprint density at radius 2 is 2.12 bits per heavy atom. The maximum Gasteiger partial charge on any atom is 0.355 e. The third kappa shape index (κ3) is 1.88. The summed E-state index contributed by atoms with van der Waals surface area (Å²) >= 11 is 0. The van der Waals surface area contributed by atoms with Crippen molar-refractivity contribution >= 4 is 5.97 Å². The zero-order valence-corrected chi connectivity index (χ0v) is 8.89. The van der Waals surface area contributed by atoms with Crippen LogP contribution in [0.3, 0.4) is 0 Å². The predicted octanol–water partition coefficient (Wildman–Crippen LogP) is 1.54. The molecule has 5 nitrogen and oxygen atoms in total. The second-order valence-corrected chi connectivity index (χ2v) is 3.30. The van der Waals surface area contributed by atoms with Gasteiger partial charge in [0, 0.05) is 12.5 Å². The van der Waals surface area contributed by atoms with Gasteiger partial charge in [0.1, 0.15) is 11.6 Å². The first-order valence-electron chi connectivity index (χ1n) is 4.78. The highest BCUT2D eigenvalue weighted by Gasteiger charge is 2.21. The number of rotatable bonds is 1. The molecule has 2 rings (SSSR count). The van der Waals surface area contributed by atoms with E-state index in [0.717, 1.165) is 0 Å². The fourth-order valence-corrected chi connectivity index (χ4v) is 1.48. The van der Waals surface area contributed by atoms with E-state index in [9.17, 15) is 9.59 Å². The van der Waals surface area contributed by atoms with Gasteiger partial charge in [-0.05, 0) is 12.1 Å². The van der Waals surface area contributed by atoms with Crippen LogP contribution in [0.2, 0.25) is 0 Å². The molecule has 0 amide bonds. The minimum absolute atomic E-state index is 0.0930. The smallest absolute Gasteiger partial charge is 0.355 e. The molecule has 0 aromatic heterocycles. The van der Waals surface area contributed by atoms with Crippen molar-refractivity contribution in [1.29, 1.82) is 5.26 Å². The Hall–Kier alpha value is -2.61. The first-order chi connectivity index (χ1) is 8.13. The van der Waals surface area contributed by atoms with Gasteiger partial charge in [-0.25, -0.2) is 4.79 Å². The lowest BCUT2D eigenvalue weighted by Gasteiger charge is -2.00. The lowest BCUT2D eigenvalue weighted by molar-refractivity contribution is -0.131. The molecule has 2 aliphatic rings. The SMILES string of the molecule is CC(=O)Oc1ccccc2c(C#N)c(=O)oc1-2. The van der Waals surface area contributed by atoms with Gasteiger partial charge in [0.25, 0.3) is 0 Å².